The molecule has 12 heteroatoms. The number of hydrogen-bond acceptors (Lipinski definition) is 8. The van der Waals surface area contributed by atoms with E-state index in [0.29, 0.717) is 30.8 Å². The Balaban J connectivity index is 1.39. The van der Waals surface area contributed by atoms with E-state index in [1.54, 1.807) is 11.0 Å². The molecule has 42 heavy (non-hydrogen) atoms. The second-order valence-electron chi connectivity index (χ2n) is 10.4. The van der Waals surface area contributed by atoms with Gasteiger partial charge in [-0.1, -0.05) is 48.0 Å². The summed E-state index contributed by atoms with van der Waals surface area (Å²) in [6.45, 7) is 2.58. The van der Waals surface area contributed by atoms with Crippen LogP contribution in [0, 0.1) is 5.82 Å². The third-order valence-electron chi connectivity index (χ3n) is 7.70. The Morgan fingerprint density at radius 2 is 1.95 bits per heavy atom. The summed E-state index contributed by atoms with van der Waals surface area (Å²) in [6, 6.07) is 13.9. The number of halogens is 2. The molecule has 10 nitrogen and oxygen atoms in total. The van der Waals surface area contributed by atoms with Gasteiger partial charge in [0.15, 0.2) is 5.75 Å². The van der Waals surface area contributed by atoms with Gasteiger partial charge in [-0.2, -0.15) is 4.98 Å². The van der Waals surface area contributed by atoms with Crippen LogP contribution in [0.25, 0.3) is 22.0 Å². The fourth-order valence-electron chi connectivity index (χ4n) is 5.65. The predicted molar refractivity (Wildman–Crippen MR) is 155 cm³/mol. The monoisotopic (exact) mass is 594 g/mol. The lowest BCUT2D eigenvalue weighted by Crippen LogP contribution is -2.54. The second-order valence-corrected chi connectivity index (χ2v) is 10.8. The van der Waals surface area contributed by atoms with Gasteiger partial charge in [-0.3, -0.25) is 4.57 Å². The number of phenolic OH excluding ortho intramolecular Hbond substituents is 1. The summed E-state index contributed by atoms with van der Waals surface area (Å²) in [5.41, 5.74) is 0.489. The summed E-state index contributed by atoms with van der Waals surface area (Å²) in [4.78, 5) is 34.2. The normalized spacial score (nSPS) is 18.2. The van der Waals surface area contributed by atoms with E-state index >= 15 is 4.39 Å². The lowest BCUT2D eigenvalue weighted by atomic mass is 9.98. The van der Waals surface area contributed by atoms with E-state index < -0.39 is 30.2 Å². The lowest BCUT2D eigenvalue weighted by Gasteiger charge is -2.40. The number of anilines is 1. The summed E-state index contributed by atoms with van der Waals surface area (Å²) in [5, 5.41) is 21.1. The molecule has 2 atom stereocenters. The Hall–Kier alpha value is -4.35. The van der Waals surface area contributed by atoms with Crippen LogP contribution in [0.15, 0.2) is 59.4 Å². The first-order valence-corrected chi connectivity index (χ1v) is 13.9. The zero-order valence-electron chi connectivity index (χ0n) is 22.7. The minimum atomic E-state index is -0.731. The molecule has 6 rings (SSSR count). The largest absolute Gasteiger partial charge is 0.507 e. The van der Waals surface area contributed by atoms with Gasteiger partial charge in [0.1, 0.15) is 30.6 Å². The number of aromatic nitrogens is 2. The van der Waals surface area contributed by atoms with Crippen molar-refractivity contribution >= 4 is 34.4 Å². The van der Waals surface area contributed by atoms with Gasteiger partial charge < -0.3 is 29.5 Å². The fourth-order valence-corrected chi connectivity index (χ4v) is 5.94. The van der Waals surface area contributed by atoms with Gasteiger partial charge in [-0.15, -0.1) is 0 Å². The fraction of sp³-hybridized carbons (Fsp3) is 0.300. The molecule has 1 amide bonds. The van der Waals surface area contributed by atoms with Gasteiger partial charge in [-0.05, 0) is 30.7 Å². The molecule has 2 aliphatic rings. The van der Waals surface area contributed by atoms with Crippen molar-refractivity contribution in [3.05, 3.63) is 81.5 Å². The van der Waals surface area contributed by atoms with Crippen molar-refractivity contribution in [2.45, 2.75) is 25.6 Å². The average Bonchev–Trinajstić information content (AvgIpc) is 2.99. The van der Waals surface area contributed by atoms with E-state index in [4.69, 9.17) is 21.1 Å². The highest BCUT2D eigenvalue weighted by Gasteiger charge is 2.35. The van der Waals surface area contributed by atoms with E-state index in [0.717, 1.165) is 5.56 Å². The molecule has 0 unspecified atom stereocenters. The molecule has 3 aromatic carbocycles. The van der Waals surface area contributed by atoms with E-state index in [2.05, 4.69) is 4.98 Å². The maximum atomic E-state index is 15.0. The zero-order valence-corrected chi connectivity index (χ0v) is 23.4. The van der Waals surface area contributed by atoms with E-state index in [9.17, 15) is 19.8 Å². The highest BCUT2D eigenvalue weighted by molar-refractivity contribution is 6.35. The highest BCUT2D eigenvalue weighted by atomic mass is 35.5. The zero-order chi connectivity index (χ0) is 29.5. The van der Waals surface area contributed by atoms with Crippen molar-refractivity contribution in [3.8, 4) is 22.6 Å². The van der Waals surface area contributed by atoms with E-state index in [-0.39, 0.29) is 52.4 Å². The van der Waals surface area contributed by atoms with Crippen LogP contribution in [0.2, 0.25) is 5.02 Å². The number of phenols is 1. The molecule has 1 aromatic heterocycles. The Labute approximate surface area is 245 Å². The molecular formula is C30H28ClFN4O6. The number of carbonyl (C=O) groups is 1. The van der Waals surface area contributed by atoms with Crippen LogP contribution < -0.4 is 15.3 Å². The summed E-state index contributed by atoms with van der Waals surface area (Å²) < 4.78 is 27.9. The second kappa shape index (κ2) is 11.1. The van der Waals surface area contributed by atoms with Gasteiger partial charge >= 0.3 is 11.8 Å². The highest BCUT2D eigenvalue weighted by Crippen LogP contribution is 2.49. The molecule has 2 aliphatic heterocycles. The molecule has 1 saturated heterocycles. The number of rotatable bonds is 5. The Bertz CT molecular complexity index is 1710. The van der Waals surface area contributed by atoms with Crippen LogP contribution in [-0.4, -0.2) is 69.6 Å². The van der Waals surface area contributed by atoms with Gasteiger partial charge in [0.25, 0.3) is 0 Å². The molecule has 1 fully saturated rings. The third-order valence-corrected chi connectivity index (χ3v) is 8.00. The number of aliphatic hydroxyl groups excluding tert-OH is 1. The van der Waals surface area contributed by atoms with Gasteiger partial charge in [0, 0.05) is 31.1 Å². The summed E-state index contributed by atoms with van der Waals surface area (Å²) in [5.74, 6) is -0.621. The first-order valence-electron chi connectivity index (χ1n) is 13.5. The number of hydrogen-bond donors (Lipinski definition) is 2. The summed E-state index contributed by atoms with van der Waals surface area (Å²) in [6.07, 6.45) is -0.438. The van der Waals surface area contributed by atoms with E-state index in [1.807, 2.05) is 42.2 Å². The molecular weight excluding hydrogens is 567 g/mol. The predicted octanol–water partition coefficient (Wildman–Crippen LogP) is 4.33. The summed E-state index contributed by atoms with van der Waals surface area (Å²) in [7, 11) is 0. The van der Waals surface area contributed by atoms with Gasteiger partial charge in [0.2, 0.25) is 0 Å². The maximum Gasteiger partial charge on any atom is 0.410 e. The minimum absolute atomic E-state index is 0.0811. The Morgan fingerprint density at radius 3 is 2.67 bits per heavy atom. The quantitative estimate of drug-likeness (QED) is 0.351. The van der Waals surface area contributed by atoms with Crippen molar-refractivity contribution in [3.63, 3.8) is 0 Å². The van der Waals surface area contributed by atoms with Crippen LogP contribution in [0.5, 0.6) is 11.5 Å². The molecule has 4 aromatic rings. The van der Waals surface area contributed by atoms with Crippen LogP contribution in [0.3, 0.4) is 0 Å². The minimum Gasteiger partial charge on any atom is -0.507 e. The number of ether oxygens (including phenoxy) is 2. The SMILES string of the molecule is C[C@H]1CN(C(=O)OCc2ccccc2)CCN1c1nc(=O)n2c3c(c(-c4c(O)cccc4F)c(Cl)cc13)OC[C@H]2CO. The van der Waals surface area contributed by atoms with Crippen molar-refractivity contribution in [2.24, 2.45) is 0 Å². The smallest absolute Gasteiger partial charge is 0.410 e. The van der Waals surface area contributed by atoms with Crippen LogP contribution in [-0.2, 0) is 11.3 Å². The van der Waals surface area contributed by atoms with Crippen molar-refractivity contribution in [2.75, 3.05) is 37.7 Å². The molecule has 0 bridgehead atoms. The van der Waals surface area contributed by atoms with Crippen LogP contribution in [0.1, 0.15) is 18.5 Å². The molecule has 0 spiro atoms. The van der Waals surface area contributed by atoms with Crippen molar-refractivity contribution in [1.29, 1.82) is 0 Å². The number of nitrogens with zero attached hydrogens (tertiary/aromatic N) is 4. The first-order chi connectivity index (χ1) is 20.3. The summed E-state index contributed by atoms with van der Waals surface area (Å²) >= 11 is 6.74. The lowest BCUT2D eigenvalue weighted by molar-refractivity contribution is 0.0898. The number of carbonyl (C=O) groups excluding carboxylic acids is 1. The number of amides is 1. The van der Waals surface area contributed by atoms with E-state index in [1.165, 1.54) is 22.8 Å². The van der Waals surface area contributed by atoms with Gasteiger partial charge in [-0.25, -0.2) is 14.0 Å². The Kier molecular flexibility index (Phi) is 7.38. The van der Waals surface area contributed by atoms with Gasteiger partial charge in [0.05, 0.1) is 34.3 Å². The average molecular weight is 595 g/mol. The van der Waals surface area contributed by atoms with Crippen LogP contribution in [0.4, 0.5) is 15.0 Å². The standard InChI is InChI=1S/C30H28ClFN4O6/c1-17-13-34(30(40)42-15-18-6-3-2-4-7-18)10-11-35(17)28-20-12-21(31)24(25-22(32)8-5-9-23(25)38)27-26(20)36(29(39)33-28)19(14-37)16-41-27/h2-9,12,17,19,37-38H,10-11,13-16H2,1H3/t17-,19+/m0/s1. The number of benzene rings is 3. The Morgan fingerprint density at radius 1 is 1.17 bits per heavy atom. The molecule has 0 radical (unpaired) electrons. The number of aliphatic hydroxyl groups is 1. The number of piperazine rings is 1. The van der Waals surface area contributed by atoms with Crippen LogP contribution >= 0.6 is 11.6 Å². The maximum absolute atomic E-state index is 15.0. The first kappa shape index (κ1) is 27.8. The molecule has 3 heterocycles. The molecule has 218 valence electrons. The number of aromatic hydroxyl groups is 1. The topological polar surface area (TPSA) is 117 Å². The van der Waals surface area contributed by atoms with Crippen molar-refractivity contribution in [1.82, 2.24) is 14.5 Å². The molecule has 0 saturated carbocycles. The van der Waals surface area contributed by atoms with Crippen molar-refractivity contribution < 1.29 is 28.9 Å². The molecule has 0 aliphatic carbocycles. The molecule has 2 N–H and O–H groups in total. The third kappa shape index (κ3) is 4.78.